The highest BCUT2D eigenvalue weighted by molar-refractivity contribution is 6.15. The van der Waals surface area contributed by atoms with E-state index < -0.39 is 5.97 Å². The van der Waals surface area contributed by atoms with E-state index in [0.29, 0.717) is 11.1 Å². The minimum absolute atomic E-state index is 0.0807. The maximum absolute atomic E-state index is 12.6. The summed E-state index contributed by atoms with van der Waals surface area (Å²) in [5.74, 6) is -0.556. The van der Waals surface area contributed by atoms with Crippen LogP contribution >= 0.6 is 0 Å². The third kappa shape index (κ3) is 2.54. The number of fused-ring (bicyclic) bond motifs is 1. The lowest BCUT2D eigenvalue weighted by Crippen LogP contribution is -2.12. The summed E-state index contributed by atoms with van der Waals surface area (Å²) in [4.78, 5) is 29.1. The summed E-state index contributed by atoms with van der Waals surface area (Å²) in [5.41, 5.74) is 2.35. The Balaban J connectivity index is 2.49. The number of rotatable bonds is 2. The summed E-state index contributed by atoms with van der Waals surface area (Å²) in [6.45, 7) is 0. The van der Waals surface area contributed by atoms with Crippen LogP contribution in [0.3, 0.4) is 0 Å². The molecule has 0 saturated heterocycles. The van der Waals surface area contributed by atoms with Crippen molar-refractivity contribution in [1.29, 1.82) is 0 Å². The second-order valence-corrected chi connectivity index (χ2v) is 4.85. The summed E-state index contributed by atoms with van der Waals surface area (Å²) in [7, 11) is 5.08. The highest BCUT2D eigenvalue weighted by Gasteiger charge is 2.28. The fourth-order valence-electron chi connectivity index (χ4n) is 2.36. The van der Waals surface area contributed by atoms with E-state index in [1.165, 1.54) is 7.11 Å². The fourth-order valence-corrected chi connectivity index (χ4v) is 2.36. The van der Waals surface area contributed by atoms with Gasteiger partial charge >= 0.3 is 5.97 Å². The average Bonchev–Trinajstić information content (AvgIpc) is 2.73. The molecule has 1 aromatic heterocycles. The van der Waals surface area contributed by atoms with E-state index in [-0.39, 0.29) is 5.78 Å². The van der Waals surface area contributed by atoms with E-state index in [0.717, 1.165) is 30.5 Å². The lowest BCUT2D eigenvalue weighted by molar-refractivity contribution is 0.0598. The number of carbonyl (C=O) groups excluding carboxylic acids is 2. The number of nitrogens with one attached hydrogen (secondary N) is 1. The number of carbonyl (C=O) groups is 2. The van der Waals surface area contributed by atoms with Gasteiger partial charge in [0.1, 0.15) is 0 Å². The van der Waals surface area contributed by atoms with Gasteiger partial charge in [0.25, 0.3) is 0 Å². The molecule has 0 atom stereocenters. The summed E-state index contributed by atoms with van der Waals surface area (Å²) < 4.78 is 4.73. The molecule has 1 aromatic rings. The Morgan fingerprint density at radius 3 is 2.79 bits per heavy atom. The first-order chi connectivity index (χ1) is 9.04. The van der Waals surface area contributed by atoms with Crippen molar-refractivity contribution in [2.75, 3.05) is 21.2 Å². The zero-order valence-corrected chi connectivity index (χ0v) is 11.4. The fraction of sp³-hybridized carbons (Fsp3) is 0.429. The number of ketones is 1. The highest BCUT2D eigenvalue weighted by atomic mass is 16.5. The number of aryl methyl sites for hydroxylation is 1. The van der Waals surface area contributed by atoms with E-state index in [1.807, 2.05) is 25.2 Å². The van der Waals surface area contributed by atoms with Crippen molar-refractivity contribution in [3.8, 4) is 0 Å². The predicted octanol–water partition coefficient (Wildman–Crippen LogP) is 1.77. The Kier molecular flexibility index (Phi) is 3.74. The van der Waals surface area contributed by atoms with Gasteiger partial charge in [-0.05, 0) is 19.3 Å². The summed E-state index contributed by atoms with van der Waals surface area (Å²) in [6, 6.07) is 0. The number of H-pyrrole nitrogens is 1. The van der Waals surface area contributed by atoms with Gasteiger partial charge in [0.05, 0.1) is 18.2 Å². The average molecular weight is 262 g/mol. The van der Waals surface area contributed by atoms with E-state index in [2.05, 4.69) is 4.98 Å². The van der Waals surface area contributed by atoms with Gasteiger partial charge in [-0.3, -0.25) is 4.79 Å². The van der Waals surface area contributed by atoms with Gasteiger partial charge in [0.2, 0.25) is 0 Å². The van der Waals surface area contributed by atoms with Crippen LogP contribution in [-0.4, -0.2) is 42.8 Å². The van der Waals surface area contributed by atoms with E-state index >= 15 is 0 Å². The molecule has 1 aliphatic rings. The number of ether oxygens (including phenoxy) is 1. The highest BCUT2D eigenvalue weighted by Crippen LogP contribution is 2.27. The van der Waals surface area contributed by atoms with Gasteiger partial charge in [-0.1, -0.05) is 0 Å². The molecule has 0 fully saturated rings. The normalized spacial score (nSPS) is 17.0. The maximum atomic E-state index is 12.6. The molecule has 1 N–H and O–H groups in total. The second kappa shape index (κ2) is 5.30. The molecule has 0 spiro atoms. The molecule has 5 nitrogen and oxygen atoms in total. The van der Waals surface area contributed by atoms with E-state index in [4.69, 9.17) is 4.74 Å². The number of hydrogen-bond donors (Lipinski definition) is 1. The molecular formula is C14H18N2O3. The van der Waals surface area contributed by atoms with Crippen molar-refractivity contribution in [2.24, 2.45) is 0 Å². The molecule has 102 valence electrons. The monoisotopic (exact) mass is 262 g/mol. The number of aromatic nitrogens is 1. The van der Waals surface area contributed by atoms with Crippen molar-refractivity contribution in [3.63, 3.8) is 0 Å². The quantitative estimate of drug-likeness (QED) is 0.501. The van der Waals surface area contributed by atoms with Crippen LogP contribution < -0.4 is 0 Å². The van der Waals surface area contributed by atoms with Gasteiger partial charge < -0.3 is 14.6 Å². The van der Waals surface area contributed by atoms with Crippen LogP contribution in [0.25, 0.3) is 0 Å². The lowest BCUT2D eigenvalue weighted by atomic mass is 10.0. The largest absolute Gasteiger partial charge is 0.465 e. The van der Waals surface area contributed by atoms with Crippen LogP contribution in [0.15, 0.2) is 18.0 Å². The van der Waals surface area contributed by atoms with E-state index in [1.54, 1.807) is 6.20 Å². The third-order valence-corrected chi connectivity index (χ3v) is 3.17. The molecule has 0 bridgehead atoms. The van der Waals surface area contributed by atoms with Crippen LogP contribution in [-0.2, 0) is 11.2 Å². The molecule has 2 rings (SSSR count). The summed E-state index contributed by atoms with van der Waals surface area (Å²) in [6.07, 6.45) is 5.76. The first kappa shape index (κ1) is 13.4. The SMILES string of the molecule is COC(=O)c1c[nH]c2c1C(=O)/C(=C/N(C)C)CCC2. The number of hydrogen-bond acceptors (Lipinski definition) is 4. The smallest absolute Gasteiger partial charge is 0.340 e. The van der Waals surface area contributed by atoms with Crippen molar-refractivity contribution in [1.82, 2.24) is 9.88 Å². The minimum atomic E-state index is -0.475. The maximum Gasteiger partial charge on any atom is 0.340 e. The van der Waals surface area contributed by atoms with Gasteiger partial charge in [0.15, 0.2) is 5.78 Å². The summed E-state index contributed by atoms with van der Waals surface area (Å²) >= 11 is 0. The van der Waals surface area contributed by atoms with Gasteiger partial charge in [-0.15, -0.1) is 0 Å². The molecule has 0 amide bonds. The number of nitrogens with zero attached hydrogens (tertiary/aromatic N) is 1. The predicted molar refractivity (Wildman–Crippen MR) is 71.2 cm³/mol. The van der Waals surface area contributed by atoms with Crippen LogP contribution in [0.1, 0.15) is 39.3 Å². The van der Waals surface area contributed by atoms with Crippen molar-refractivity contribution < 1.29 is 14.3 Å². The van der Waals surface area contributed by atoms with E-state index in [9.17, 15) is 9.59 Å². The van der Waals surface area contributed by atoms with Gasteiger partial charge in [0, 0.05) is 37.8 Å². The van der Waals surface area contributed by atoms with Gasteiger partial charge in [-0.25, -0.2) is 4.79 Å². The first-order valence-corrected chi connectivity index (χ1v) is 6.25. The minimum Gasteiger partial charge on any atom is -0.465 e. The number of esters is 1. The van der Waals surface area contributed by atoms with Crippen LogP contribution in [0.2, 0.25) is 0 Å². The third-order valence-electron chi connectivity index (χ3n) is 3.17. The van der Waals surface area contributed by atoms with Crippen molar-refractivity contribution in [3.05, 3.63) is 34.8 Å². The number of allylic oxidation sites excluding steroid dienone is 1. The van der Waals surface area contributed by atoms with Crippen molar-refractivity contribution >= 4 is 11.8 Å². The zero-order chi connectivity index (χ0) is 14.0. The molecule has 0 radical (unpaired) electrons. The van der Waals surface area contributed by atoms with Crippen LogP contribution in [0.4, 0.5) is 0 Å². The summed E-state index contributed by atoms with van der Waals surface area (Å²) in [5, 5.41) is 0. The van der Waals surface area contributed by atoms with Crippen LogP contribution in [0, 0.1) is 0 Å². The molecule has 1 aliphatic carbocycles. The molecule has 19 heavy (non-hydrogen) atoms. The topological polar surface area (TPSA) is 62.4 Å². The molecule has 0 saturated carbocycles. The second-order valence-electron chi connectivity index (χ2n) is 4.85. The first-order valence-electron chi connectivity index (χ1n) is 6.25. The van der Waals surface area contributed by atoms with Crippen molar-refractivity contribution in [2.45, 2.75) is 19.3 Å². The number of aromatic amines is 1. The Bertz CT molecular complexity index is 541. The molecule has 0 unspecified atom stereocenters. The molecule has 1 heterocycles. The number of Topliss-reactive ketones (excluding diaryl/α,β-unsaturated/α-hetero) is 1. The molecular weight excluding hydrogens is 244 g/mol. The van der Waals surface area contributed by atoms with Gasteiger partial charge in [-0.2, -0.15) is 0 Å². The lowest BCUT2D eigenvalue weighted by Gasteiger charge is -2.09. The molecule has 5 heteroatoms. The molecule has 0 aliphatic heterocycles. The molecule has 0 aromatic carbocycles. The standard InChI is InChI=1S/C14H18N2O3/c1-16(2)8-9-5-4-6-11-12(13(9)17)10(7-15-11)14(18)19-3/h7-8,15H,4-6H2,1-3H3/b9-8+. The number of methoxy groups -OCH3 is 1. The Hall–Kier alpha value is -2.04. The Labute approximate surface area is 112 Å². The Morgan fingerprint density at radius 1 is 1.42 bits per heavy atom. The Morgan fingerprint density at radius 2 is 2.16 bits per heavy atom. The van der Waals surface area contributed by atoms with Crippen LogP contribution in [0.5, 0.6) is 0 Å². The zero-order valence-electron chi connectivity index (χ0n) is 11.4.